The zero-order valence-electron chi connectivity index (χ0n) is 10.9. The minimum atomic E-state index is -1.04. The van der Waals surface area contributed by atoms with Gasteiger partial charge >= 0.3 is 5.63 Å². The molecule has 1 heterocycles. The molecule has 0 radical (unpaired) electrons. The lowest BCUT2D eigenvalue weighted by Gasteiger charge is -2.10. The molecule has 1 aromatic heterocycles. The van der Waals surface area contributed by atoms with Crippen LogP contribution in [-0.2, 0) is 0 Å². The highest BCUT2D eigenvalue weighted by Gasteiger charge is 2.21. The average molecular weight is 274 g/mol. The predicted octanol–water partition coefficient (Wildman–Crippen LogP) is 1.96. The van der Waals surface area contributed by atoms with Gasteiger partial charge in [-0.3, -0.25) is 4.79 Å². The van der Waals surface area contributed by atoms with Gasteiger partial charge in [-0.15, -0.1) is 0 Å². The van der Waals surface area contributed by atoms with Gasteiger partial charge in [0.15, 0.2) is 5.78 Å². The summed E-state index contributed by atoms with van der Waals surface area (Å²) in [6, 6.07) is 9.81. The number of hydrogen-bond donors (Lipinski definition) is 2. The molecule has 2 aromatic rings. The van der Waals surface area contributed by atoms with Crippen LogP contribution in [0.15, 0.2) is 45.6 Å². The second-order valence-electron chi connectivity index (χ2n) is 4.46. The first-order chi connectivity index (χ1) is 9.49. The summed E-state index contributed by atoms with van der Waals surface area (Å²) >= 11 is 0. The second kappa shape index (κ2) is 5.71. The molecule has 2 rings (SSSR count). The number of carbonyl (C=O) groups is 1. The summed E-state index contributed by atoms with van der Waals surface area (Å²) in [5.41, 5.74) is -0.754. The van der Waals surface area contributed by atoms with Crippen LogP contribution in [0.25, 0.3) is 0 Å². The van der Waals surface area contributed by atoms with E-state index in [2.05, 4.69) is 0 Å². The van der Waals surface area contributed by atoms with Gasteiger partial charge in [0.05, 0.1) is 6.10 Å². The molecule has 0 aliphatic carbocycles. The molecule has 0 spiro atoms. The summed E-state index contributed by atoms with van der Waals surface area (Å²) < 4.78 is 4.78. The van der Waals surface area contributed by atoms with E-state index in [1.807, 2.05) is 0 Å². The lowest BCUT2D eigenvalue weighted by molar-refractivity contribution is 0.0873. The van der Waals surface area contributed by atoms with Crippen LogP contribution < -0.4 is 5.63 Å². The number of aromatic hydroxyl groups is 1. The number of Topliss-reactive ketones (excluding diaryl/α,β-unsaturated/α-hetero) is 1. The Hall–Kier alpha value is -2.40. The predicted molar refractivity (Wildman–Crippen MR) is 71.7 cm³/mol. The average Bonchev–Trinajstić information content (AvgIpc) is 2.38. The molecule has 0 saturated carbocycles. The summed E-state index contributed by atoms with van der Waals surface area (Å²) in [5.74, 6) is -0.871. The van der Waals surface area contributed by atoms with E-state index >= 15 is 0 Å². The molecular weight excluding hydrogens is 260 g/mol. The van der Waals surface area contributed by atoms with Gasteiger partial charge in [-0.05, 0) is 12.5 Å². The van der Waals surface area contributed by atoms with Crippen molar-refractivity contribution in [1.82, 2.24) is 0 Å². The van der Waals surface area contributed by atoms with Crippen molar-refractivity contribution in [2.45, 2.75) is 19.4 Å². The molecular formula is C15H14O5. The Balaban J connectivity index is 2.23. The maximum atomic E-state index is 12.0. The number of aliphatic hydroxyl groups is 1. The minimum absolute atomic E-state index is 0.215. The van der Waals surface area contributed by atoms with Gasteiger partial charge in [-0.1, -0.05) is 30.3 Å². The monoisotopic (exact) mass is 274 g/mol. The molecule has 104 valence electrons. The third-order valence-electron chi connectivity index (χ3n) is 2.90. The smallest absolute Gasteiger partial charge is 0.350 e. The number of aryl methyl sites for hydroxylation is 1. The Labute approximate surface area is 115 Å². The van der Waals surface area contributed by atoms with Crippen molar-refractivity contribution in [2.24, 2.45) is 0 Å². The molecule has 0 aliphatic rings. The second-order valence-corrected chi connectivity index (χ2v) is 4.46. The molecule has 0 aliphatic heterocycles. The molecule has 2 N–H and O–H groups in total. The van der Waals surface area contributed by atoms with Crippen molar-refractivity contribution in [1.29, 1.82) is 0 Å². The molecule has 5 heteroatoms. The van der Waals surface area contributed by atoms with Crippen LogP contribution >= 0.6 is 0 Å². The fourth-order valence-electron chi connectivity index (χ4n) is 1.92. The van der Waals surface area contributed by atoms with Crippen molar-refractivity contribution < 1.29 is 19.4 Å². The molecule has 1 atom stereocenters. The highest BCUT2D eigenvalue weighted by molar-refractivity contribution is 5.98. The number of benzene rings is 1. The van der Waals surface area contributed by atoms with E-state index in [0.29, 0.717) is 5.56 Å². The van der Waals surface area contributed by atoms with Crippen molar-refractivity contribution in [3.8, 4) is 5.75 Å². The van der Waals surface area contributed by atoms with E-state index in [4.69, 9.17) is 4.42 Å². The first kappa shape index (κ1) is 14.0. The lowest BCUT2D eigenvalue weighted by Crippen LogP contribution is -2.17. The quantitative estimate of drug-likeness (QED) is 0.832. The van der Waals surface area contributed by atoms with Crippen molar-refractivity contribution in [3.05, 3.63) is 63.7 Å². The fraction of sp³-hybridized carbons (Fsp3) is 0.200. The Morgan fingerprint density at radius 1 is 1.30 bits per heavy atom. The molecule has 0 amide bonds. The van der Waals surface area contributed by atoms with Crippen LogP contribution in [-0.4, -0.2) is 16.0 Å². The topological polar surface area (TPSA) is 87.7 Å². The molecule has 0 fully saturated rings. The zero-order valence-corrected chi connectivity index (χ0v) is 10.9. The van der Waals surface area contributed by atoms with E-state index in [1.165, 1.54) is 13.0 Å². The highest BCUT2D eigenvalue weighted by atomic mass is 16.4. The van der Waals surface area contributed by atoms with Gasteiger partial charge in [0.1, 0.15) is 17.1 Å². The normalized spacial score (nSPS) is 12.1. The van der Waals surface area contributed by atoms with Gasteiger partial charge < -0.3 is 14.6 Å². The van der Waals surface area contributed by atoms with Crippen molar-refractivity contribution in [2.75, 3.05) is 0 Å². The summed E-state index contributed by atoms with van der Waals surface area (Å²) in [6.07, 6.45) is -1.34. The third kappa shape index (κ3) is 2.95. The van der Waals surface area contributed by atoms with E-state index in [1.54, 1.807) is 30.3 Å². The highest BCUT2D eigenvalue weighted by Crippen LogP contribution is 2.22. The number of carbonyl (C=O) groups excluding carboxylic acids is 1. The maximum Gasteiger partial charge on any atom is 0.350 e. The van der Waals surface area contributed by atoms with Gasteiger partial charge in [0.2, 0.25) is 0 Å². The van der Waals surface area contributed by atoms with E-state index in [9.17, 15) is 19.8 Å². The molecule has 20 heavy (non-hydrogen) atoms. The van der Waals surface area contributed by atoms with Crippen LogP contribution in [0.3, 0.4) is 0 Å². The fourth-order valence-corrected chi connectivity index (χ4v) is 1.92. The number of rotatable bonds is 4. The van der Waals surface area contributed by atoms with Crippen molar-refractivity contribution in [3.63, 3.8) is 0 Å². The van der Waals surface area contributed by atoms with E-state index < -0.39 is 28.8 Å². The molecule has 0 bridgehead atoms. The minimum Gasteiger partial charge on any atom is -0.507 e. The maximum absolute atomic E-state index is 12.0. The molecule has 5 nitrogen and oxygen atoms in total. The molecule has 1 aromatic carbocycles. The van der Waals surface area contributed by atoms with Crippen LogP contribution in [0.5, 0.6) is 5.75 Å². The summed E-state index contributed by atoms with van der Waals surface area (Å²) in [7, 11) is 0. The van der Waals surface area contributed by atoms with Gasteiger partial charge in [-0.2, -0.15) is 0 Å². The van der Waals surface area contributed by atoms with Gasteiger partial charge in [0, 0.05) is 12.5 Å². The third-order valence-corrected chi connectivity index (χ3v) is 2.90. The van der Waals surface area contributed by atoms with Crippen LogP contribution in [0.4, 0.5) is 0 Å². The Bertz CT molecular complexity index is 672. The van der Waals surface area contributed by atoms with Gasteiger partial charge in [0.25, 0.3) is 0 Å². The summed E-state index contributed by atoms with van der Waals surface area (Å²) in [5, 5.41) is 19.6. The Morgan fingerprint density at radius 3 is 2.55 bits per heavy atom. The first-order valence-electron chi connectivity index (χ1n) is 6.09. The van der Waals surface area contributed by atoms with Crippen LogP contribution in [0, 0.1) is 6.92 Å². The number of aliphatic hydroxyl groups excluding tert-OH is 1. The van der Waals surface area contributed by atoms with E-state index in [-0.39, 0.29) is 12.2 Å². The largest absolute Gasteiger partial charge is 0.507 e. The standard InChI is InChI=1S/C15H14O5/c1-9-7-12(17)14(15(19)20-9)13(18)8-11(16)10-5-3-2-4-6-10/h2-7,11,16-17H,8H2,1H3. The lowest BCUT2D eigenvalue weighted by atomic mass is 10.0. The Morgan fingerprint density at radius 2 is 1.95 bits per heavy atom. The zero-order chi connectivity index (χ0) is 14.7. The molecule has 0 saturated heterocycles. The Kier molecular flexibility index (Phi) is 4.00. The summed E-state index contributed by atoms with van der Waals surface area (Å²) in [4.78, 5) is 23.6. The van der Waals surface area contributed by atoms with E-state index in [0.717, 1.165) is 0 Å². The van der Waals surface area contributed by atoms with Gasteiger partial charge in [-0.25, -0.2) is 4.79 Å². The van der Waals surface area contributed by atoms with Crippen LogP contribution in [0.2, 0.25) is 0 Å². The SMILES string of the molecule is Cc1cc(O)c(C(=O)CC(O)c2ccccc2)c(=O)o1. The number of ketones is 1. The van der Waals surface area contributed by atoms with Crippen LogP contribution in [0.1, 0.15) is 34.2 Å². The molecule has 1 unspecified atom stereocenters. The van der Waals surface area contributed by atoms with Crippen molar-refractivity contribution >= 4 is 5.78 Å². The first-order valence-corrected chi connectivity index (χ1v) is 6.09. The number of hydrogen-bond acceptors (Lipinski definition) is 5. The summed E-state index contributed by atoms with van der Waals surface area (Å²) in [6.45, 7) is 1.49.